The van der Waals surface area contributed by atoms with E-state index in [2.05, 4.69) is 35.4 Å². The Bertz CT molecular complexity index is 984. The second-order valence-electron chi connectivity index (χ2n) is 8.00. The predicted octanol–water partition coefficient (Wildman–Crippen LogP) is 1.93. The molecule has 1 saturated heterocycles. The van der Waals surface area contributed by atoms with Crippen molar-refractivity contribution in [2.75, 3.05) is 19.6 Å². The van der Waals surface area contributed by atoms with E-state index >= 15 is 0 Å². The molecule has 3 aromatic heterocycles. The maximum absolute atomic E-state index is 13.0. The summed E-state index contributed by atoms with van der Waals surface area (Å²) in [7, 11) is 0. The third-order valence-corrected chi connectivity index (χ3v) is 5.94. The number of hydrogen-bond acceptors (Lipinski definition) is 5. The van der Waals surface area contributed by atoms with E-state index in [1.807, 2.05) is 23.2 Å². The normalized spacial score (nSPS) is 19.5. The van der Waals surface area contributed by atoms with Crippen molar-refractivity contribution in [3.63, 3.8) is 0 Å². The molecule has 0 aliphatic carbocycles. The highest BCUT2D eigenvalue weighted by Gasteiger charge is 2.28. The number of hydrogen-bond donors (Lipinski definition) is 3. The molecule has 0 aromatic carbocycles. The Morgan fingerprint density at radius 2 is 2.13 bits per heavy atom. The first-order valence-corrected chi connectivity index (χ1v) is 10.5. The molecule has 156 valence electrons. The van der Waals surface area contributed by atoms with Crippen molar-refractivity contribution in [2.24, 2.45) is 0 Å². The number of urea groups is 1. The molecule has 1 fully saturated rings. The van der Waals surface area contributed by atoms with Crippen molar-refractivity contribution in [2.45, 2.75) is 38.4 Å². The van der Waals surface area contributed by atoms with Gasteiger partial charge in [0.05, 0.1) is 18.8 Å². The van der Waals surface area contributed by atoms with Gasteiger partial charge in [-0.15, -0.1) is 0 Å². The summed E-state index contributed by atoms with van der Waals surface area (Å²) >= 11 is 0. The molecule has 2 aliphatic heterocycles. The van der Waals surface area contributed by atoms with Gasteiger partial charge in [0.15, 0.2) is 0 Å². The number of imidazole rings is 1. The molecule has 2 amide bonds. The van der Waals surface area contributed by atoms with Crippen LogP contribution in [0.15, 0.2) is 36.9 Å². The molecule has 0 spiro atoms. The Balaban J connectivity index is 1.22. The number of likely N-dealkylation sites (tertiary alicyclic amines) is 1. The van der Waals surface area contributed by atoms with Gasteiger partial charge < -0.3 is 15.2 Å². The average Bonchev–Trinajstić information content (AvgIpc) is 3.44. The van der Waals surface area contributed by atoms with E-state index in [1.165, 1.54) is 0 Å². The zero-order valence-electron chi connectivity index (χ0n) is 16.8. The third kappa shape index (κ3) is 3.93. The Labute approximate surface area is 174 Å². The topological polar surface area (TPSA) is 106 Å². The Kier molecular flexibility index (Phi) is 5.18. The molecule has 3 aromatic rings. The van der Waals surface area contributed by atoms with E-state index in [0.717, 1.165) is 67.2 Å². The number of fused-ring (bicyclic) bond motifs is 1. The molecule has 3 N–H and O–H groups in total. The van der Waals surface area contributed by atoms with Crippen LogP contribution >= 0.6 is 0 Å². The van der Waals surface area contributed by atoms with Crippen molar-refractivity contribution in [1.29, 1.82) is 0 Å². The highest BCUT2D eigenvalue weighted by atomic mass is 16.2. The van der Waals surface area contributed by atoms with Gasteiger partial charge >= 0.3 is 6.03 Å². The first kappa shape index (κ1) is 18.8. The summed E-state index contributed by atoms with van der Waals surface area (Å²) in [6, 6.07) is 4.06. The van der Waals surface area contributed by atoms with Gasteiger partial charge in [-0.05, 0) is 31.5 Å². The minimum atomic E-state index is 0.00683. The van der Waals surface area contributed by atoms with Crippen LogP contribution in [0.25, 0.3) is 11.3 Å². The summed E-state index contributed by atoms with van der Waals surface area (Å²) in [5.41, 5.74) is 4.15. The minimum Gasteiger partial charge on any atom is -0.348 e. The number of amides is 2. The smallest absolute Gasteiger partial charge is 0.317 e. The number of aromatic nitrogens is 5. The molecule has 0 radical (unpaired) electrons. The zero-order chi connectivity index (χ0) is 20.3. The lowest BCUT2D eigenvalue weighted by molar-refractivity contribution is 0.159. The summed E-state index contributed by atoms with van der Waals surface area (Å²) in [5.74, 6) is 0.967. The maximum atomic E-state index is 13.0. The first-order valence-electron chi connectivity index (χ1n) is 10.5. The molecule has 5 rings (SSSR count). The molecule has 0 bridgehead atoms. The summed E-state index contributed by atoms with van der Waals surface area (Å²) in [6.07, 6.45) is 10.0. The van der Waals surface area contributed by atoms with E-state index in [-0.39, 0.29) is 12.1 Å². The van der Waals surface area contributed by atoms with Crippen LogP contribution in [-0.4, -0.2) is 66.7 Å². The summed E-state index contributed by atoms with van der Waals surface area (Å²) in [6.45, 7) is 3.93. The predicted molar refractivity (Wildman–Crippen MR) is 111 cm³/mol. The van der Waals surface area contributed by atoms with Crippen molar-refractivity contribution < 1.29 is 4.79 Å². The fourth-order valence-electron chi connectivity index (χ4n) is 4.40. The fraction of sp³-hybridized carbons (Fsp3) is 0.429. The highest BCUT2D eigenvalue weighted by molar-refractivity contribution is 5.75. The summed E-state index contributed by atoms with van der Waals surface area (Å²) in [4.78, 5) is 28.8. The highest BCUT2D eigenvalue weighted by Crippen LogP contribution is 2.28. The number of carbonyl (C=O) groups is 1. The zero-order valence-corrected chi connectivity index (χ0v) is 16.8. The molecule has 5 heterocycles. The van der Waals surface area contributed by atoms with Gasteiger partial charge in [0.2, 0.25) is 0 Å². The van der Waals surface area contributed by atoms with Crippen LogP contribution < -0.4 is 5.32 Å². The van der Waals surface area contributed by atoms with Crippen molar-refractivity contribution in [3.8, 4) is 11.3 Å². The number of nitrogens with one attached hydrogen (secondary N) is 3. The van der Waals surface area contributed by atoms with Crippen LogP contribution in [0.3, 0.4) is 0 Å². The van der Waals surface area contributed by atoms with Crippen molar-refractivity contribution in [1.82, 2.24) is 40.3 Å². The molecule has 9 heteroatoms. The average molecular weight is 406 g/mol. The summed E-state index contributed by atoms with van der Waals surface area (Å²) in [5, 5.41) is 10.9. The largest absolute Gasteiger partial charge is 0.348 e. The van der Waals surface area contributed by atoms with Gasteiger partial charge in [-0.25, -0.2) is 9.78 Å². The quantitative estimate of drug-likeness (QED) is 0.614. The van der Waals surface area contributed by atoms with Crippen molar-refractivity contribution in [3.05, 3.63) is 54.0 Å². The molecule has 1 atom stereocenters. The van der Waals surface area contributed by atoms with Crippen LogP contribution in [0.4, 0.5) is 4.79 Å². The number of rotatable bonds is 4. The number of pyridine rings is 1. The number of H-pyrrole nitrogens is 2. The van der Waals surface area contributed by atoms with Crippen LogP contribution in [0.5, 0.6) is 0 Å². The van der Waals surface area contributed by atoms with Crippen LogP contribution in [0, 0.1) is 0 Å². The molecule has 2 aliphatic rings. The lowest BCUT2D eigenvalue weighted by atomic mass is 10.0. The lowest BCUT2D eigenvalue weighted by Gasteiger charge is -2.35. The number of carbonyl (C=O) groups excluding carboxylic acids is 1. The van der Waals surface area contributed by atoms with Crippen molar-refractivity contribution >= 4 is 6.03 Å². The monoisotopic (exact) mass is 406 g/mol. The number of piperidine rings is 1. The Morgan fingerprint density at radius 3 is 2.97 bits per heavy atom. The van der Waals surface area contributed by atoms with Gasteiger partial charge in [0.1, 0.15) is 5.82 Å². The van der Waals surface area contributed by atoms with E-state index in [0.29, 0.717) is 13.1 Å². The Hall–Kier alpha value is -3.20. The lowest BCUT2D eigenvalue weighted by Crippen LogP contribution is -2.52. The third-order valence-electron chi connectivity index (χ3n) is 5.94. The Morgan fingerprint density at radius 1 is 1.23 bits per heavy atom. The van der Waals surface area contributed by atoms with Gasteiger partial charge in [0.25, 0.3) is 0 Å². The molecular weight excluding hydrogens is 380 g/mol. The summed E-state index contributed by atoms with van der Waals surface area (Å²) < 4.78 is 0. The van der Waals surface area contributed by atoms with E-state index in [9.17, 15) is 4.79 Å². The van der Waals surface area contributed by atoms with Crippen LogP contribution in [0.2, 0.25) is 0 Å². The second kappa shape index (κ2) is 8.27. The van der Waals surface area contributed by atoms with Gasteiger partial charge in [-0.3, -0.25) is 15.0 Å². The van der Waals surface area contributed by atoms with E-state index in [1.54, 1.807) is 18.6 Å². The SMILES string of the molecule is O=C(N[C@@H]1CCCN(Cc2ncc[nH]2)C1)N1CCc2[nH]nc(-c3ccncc3)c2C1. The standard InChI is InChI=1S/C21H26N8O/c30-21(25-16-2-1-10-28(12-16)14-19-23-8-9-24-19)29-11-5-18-17(13-29)20(27-26-18)15-3-6-22-7-4-15/h3-4,6-9,16H,1-2,5,10-14H2,(H,23,24)(H,25,30)(H,26,27)/t16-/m1/s1. The van der Waals surface area contributed by atoms with Crippen LogP contribution in [0.1, 0.15) is 29.9 Å². The van der Waals surface area contributed by atoms with Crippen LogP contribution in [-0.2, 0) is 19.5 Å². The van der Waals surface area contributed by atoms with E-state index < -0.39 is 0 Å². The molecule has 0 saturated carbocycles. The minimum absolute atomic E-state index is 0.00683. The first-order chi connectivity index (χ1) is 14.8. The molecule has 30 heavy (non-hydrogen) atoms. The van der Waals surface area contributed by atoms with Gasteiger partial charge in [-0.2, -0.15) is 5.10 Å². The fourth-order valence-corrected chi connectivity index (χ4v) is 4.40. The molecule has 9 nitrogen and oxygen atoms in total. The number of aromatic amines is 2. The van der Waals surface area contributed by atoms with E-state index in [4.69, 9.17) is 0 Å². The van der Waals surface area contributed by atoms with Gasteiger partial charge in [0, 0.05) is 67.2 Å². The maximum Gasteiger partial charge on any atom is 0.317 e. The second-order valence-corrected chi connectivity index (χ2v) is 8.00. The van der Waals surface area contributed by atoms with Gasteiger partial charge in [-0.1, -0.05) is 0 Å². The molecular formula is C21H26N8O. The molecule has 0 unspecified atom stereocenters. The number of nitrogens with zero attached hydrogens (tertiary/aromatic N) is 5.